The molecule has 0 bridgehead atoms. The second-order valence-corrected chi connectivity index (χ2v) is 10.2. The first-order valence-corrected chi connectivity index (χ1v) is 13.8. The zero-order valence-corrected chi connectivity index (χ0v) is 23.3. The van der Waals surface area contributed by atoms with Gasteiger partial charge in [0.15, 0.2) is 0 Å². The van der Waals surface area contributed by atoms with E-state index in [0.717, 1.165) is 5.56 Å². The van der Waals surface area contributed by atoms with Gasteiger partial charge in [0, 0.05) is 33.4 Å². The Morgan fingerprint density at radius 3 is 2.23 bits per heavy atom. The number of nitrogens with one attached hydrogen (secondary N) is 2. The number of rotatable bonds is 15. The third kappa shape index (κ3) is 11.0. The standard InChI is InChI=1S/C26H34N3O10P/c1-17(30)27-22(16-18-8-10-20(11-9-18)39-40(35,36)37)25(32)28-21(26(33)34)12-13-24(31)29(2)15-14-19-6-4-5-7-23(19)38-3/h4-11,21-22H,12-16H2,1-3H3,(H,27,30)(H,28,32)(H,33,34)(H2,35,36,37). The molecule has 2 aromatic carbocycles. The van der Waals surface area contributed by atoms with Crippen molar-refractivity contribution in [2.45, 2.75) is 44.7 Å². The monoisotopic (exact) mass is 579 g/mol. The van der Waals surface area contributed by atoms with Gasteiger partial charge >= 0.3 is 13.8 Å². The number of benzene rings is 2. The van der Waals surface area contributed by atoms with Gasteiger partial charge in [-0.05, 0) is 42.2 Å². The molecule has 0 aliphatic heterocycles. The predicted molar refractivity (Wildman–Crippen MR) is 144 cm³/mol. The number of phosphoric ester groups is 1. The summed E-state index contributed by atoms with van der Waals surface area (Å²) in [4.78, 5) is 68.4. The van der Waals surface area contributed by atoms with Crippen molar-refractivity contribution in [3.8, 4) is 11.5 Å². The molecule has 2 unspecified atom stereocenters. The fourth-order valence-corrected chi connectivity index (χ4v) is 4.22. The molecular weight excluding hydrogens is 545 g/mol. The summed E-state index contributed by atoms with van der Waals surface area (Å²) in [5.74, 6) is -2.32. The number of carbonyl (C=O) groups is 4. The molecule has 5 N–H and O–H groups in total. The number of aliphatic carboxylic acids is 1. The van der Waals surface area contributed by atoms with Crippen LogP contribution >= 0.6 is 7.82 Å². The Labute approximate surface area is 231 Å². The van der Waals surface area contributed by atoms with E-state index in [1.807, 2.05) is 24.3 Å². The molecule has 40 heavy (non-hydrogen) atoms. The molecular formula is C26H34N3O10P. The van der Waals surface area contributed by atoms with Crippen molar-refractivity contribution in [3.63, 3.8) is 0 Å². The molecule has 3 amide bonds. The van der Waals surface area contributed by atoms with Gasteiger partial charge in [0.2, 0.25) is 17.7 Å². The molecule has 13 nitrogen and oxygen atoms in total. The van der Waals surface area contributed by atoms with Crippen LogP contribution in [0.1, 0.15) is 30.9 Å². The van der Waals surface area contributed by atoms with Crippen LogP contribution in [0.25, 0.3) is 0 Å². The maximum absolute atomic E-state index is 12.9. The third-order valence-electron chi connectivity index (χ3n) is 5.88. The molecule has 0 radical (unpaired) electrons. The van der Waals surface area contributed by atoms with Crippen LogP contribution in [0.15, 0.2) is 48.5 Å². The molecule has 2 aromatic rings. The van der Waals surface area contributed by atoms with Gasteiger partial charge < -0.3 is 29.9 Å². The van der Waals surface area contributed by atoms with E-state index in [-0.39, 0.29) is 30.9 Å². The normalized spacial score (nSPS) is 12.5. The number of ether oxygens (including phenoxy) is 1. The lowest BCUT2D eigenvalue weighted by molar-refractivity contribution is -0.142. The number of hydrogen-bond acceptors (Lipinski definition) is 7. The summed E-state index contributed by atoms with van der Waals surface area (Å²) < 4.78 is 20.8. The number of carboxylic acid groups (broad SMARTS) is 1. The average molecular weight is 580 g/mol. The maximum Gasteiger partial charge on any atom is 0.524 e. The number of nitrogens with zero attached hydrogens (tertiary/aromatic N) is 1. The van der Waals surface area contributed by atoms with Gasteiger partial charge in [-0.3, -0.25) is 24.2 Å². The lowest BCUT2D eigenvalue weighted by Crippen LogP contribution is -2.52. The molecule has 2 atom stereocenters. The van der Waals surface area contributed by atoms with Gasteiger partial charge in [0.25, 0.3) is 0 Å². The number of para-hydroxylation sites is 1. The highest BCUT2D eigenvalue weighted by Crippen LogP contribution is 2.37. The van der Waals surface area contributed by atoms with Gasteiger partial charge in [0.05, 0.1) is 7.11 Å². The summed E-state index contributed by atoms with van der Waals surface area (Å²) in [7, 11) is -1.57. The zero-order valence-electron chi connectivity index (χ0n) is 22.4. The Bertz CT molecular complexity index is 1230. The molecule has 0 aliphatic rings. The highest BCUT2D eigenvalue weighted by atomic mass is 31.2. The minimum Gasteiger partial charge on any atom is -0.496 e. The number of methoxy groups -OCH3 is 1. The highest BCUT2D eigenvalue weighted by molar-refractivity contribution is 7.46. The van der Waals surface area contributed by atoms with E-state index in [9.17, 15) is 28.8 Å². The Morgan fingerprint density at radius 2 is 1.65 bits per heavy atom. The molecule has 0 spiro atoms. The minimum atomic E-state index is -4.74. The van der Waals surface area contributed by atoms with E-state index in [2.05, 4.69) is 15.2 Å². The fourth-order valence-electron chi connectivity index (χ4n) is 3.82. The quantitative estimate of drug-likeness (QED) is 0.192. The van der Waals surface area contributed by atoms with Gasteiger partial charge in [0.1, 0.15) is 23.6 Å². The molecule has 2 rings (SSSR count). The lowest BCUT2D eigenvalue weighted by Gasteiger charge is -2.22. The van der Waals surface area contributed by atoms with E-state index in [1.165, 1.54) is 36.1 Å². The van der Waals surface area contributed by atoms with Crippen LogP contribution in [0.2, 0.25) is 0 Å². The molecule has 218 valence electrons. The molecule has 0 aliphatic carbocycles. The molecule has 0 heterocycles. The van der Waals surface area contributed by atoms with E-state index in [0.29, 0.717) is 24.3 Å². The van der Waals surface area contributed by atoms with E-state index in [4.69, 9.17) is 14.5 Å². The topological polar surface area (TPSA) is 192 Å². The average Bonchev–Trinajstić information content (AvgIpc) is 2.88. The van der Waals surface area contributed by atoms with Crippen molar-refractivity contribution in [1.82, 2.24) is 15.5 Å². The summed E-state index contributed by atoms with van der Waals surface area (Å²) in [6.45, 7) is 1.58. The van der Waals surface area contributed by atoms with Crippen LogP contribution in [0.3, 0.4) is 0 Å². The van der Waals surface area contributed by atoms with Gasteiger partial charge in [-0.2, -0.15) is 0 Å². The number of carboxylic acids is 1. The largest absolute Gasteiger partial charge is 0.524 e. The number of likely N-dealkylation sites (N-methyl/N-ethyl adjacent to an activating group) is 1. The van der Waals surface area contributed by atoms with Crippen molar-refractivity contribution < 1.29 is 47.9 Å². The van der Waals surface area contributed by atoms with Crippen LogP contribution in [0.5, 0.6) is 11.5 Å². The smallest absolute Gasteiger partial charge is 0.496 e. The van der Waals surface area contributed by atoms with E-state index >= 15 is 0 Å². The molecule has 0 saturated carbocycles. The Balaban J connectivity index is 1.98. The van der Waals surface area contributed by atoms with Crippen LogP contribution in [-0.2, 0) is 36.6 Å². The van der Waals surface area contributed by atoms with Gasteiger partial charge in [-0.25, -0.2) is 9.36 Å². The van der Waals surface area contributed by atoms with Gasteiger partial charge in [-0.15, -0.1) is 0 Å². The predicted octanol–water partition coefficient (Wildman–Crippen LogP) is 1.26. The summed E-state index contributed by atoms with van der Waals surface area (Å²) in [5.41, 5.74) is 1.43. The van der Waals surface area contributed by atoms with Crippen molar-refractivity contribution >= 4 is 31.5 Å². The highest BCUT2D eigenvalue weighted by Gasteiger charge is 2.27. The molecule has 14 heteroatoms. The fraction of sp³-hybridized carbons (Fsp3) is 0.385. The van der Waals surface area contributed by atoms with Crippen molar-refractivity contribution in [2.24, 2.45) is 0 Å². The first-order valence-electron chi connectivity index (χ1n) is 12.3. The van der Waals surface area contributed by atoms with Crippen molar-refractivity contribution in [1.29, 1.82) is 0 Å². The molecule has 0 saturated heterocycles. The van der Waals surface area contributed by atoms with E-state index < -0.39 is 37.7 Å². The number of hydrogen-bond donors (Lipinski definition) is 5. The van der Waals surface area contributed by atoms with Crippen LogP contribution in [0, 0.1) is 0 Å². The van der Waals surface area contributed by atoms with Gasteiger partial charge in [-0.1, -0.05) is 30.3 Å². The van der Waals surface area contributed by atoms with Crippen LogP contribution < -0.4 is 19.9 Å². The summed E-state index contributed by atoms with van der Waals surface area (Å²) >= 11 is 0. The first kappa shape index (κ1) is 32.3. The molecule has 0 fully saturated rings. The van der Waals surface area contributed by atoms with E-state index in [1.54, 1.807) is 14.2 Å². The Morgan fingerprint density at radius 1 is 1.00 bits per heavy atom. The second kappa shape index (κ2) is 15.0. The lowest BCUT2D eigenvalue weighted by atomic mass is 10.0. The minimum absolute atomic E-state index is 0.0431. The Hall–Kier alpha value is -3.93. The second-order valence-electron chi connectivity index (χ2n) is 9.00. The number of carbonyl (C=O) groups excluding carboxylic acids is 3. The summed E-state index contributed by atoms with van der Waals surface area (Å²) in [6, 6.07) is 10.4. The zero-order chi connectivity index (χ0) is 29.9. The van der Waals surface area contributed by atoms with Crippen LogP contribution in [-0.4, -0.2) is 76.3 Å². The van der Waals surface area contributed by atoms with Crippen molar-refractivity contribution in [2.75, 3.05) is 20.7 Å². The third-order valence-corrected chi connectivity index (χ3v) is 6.33. The number of phosphoric acid groups is 1. The maximum atomic E-state index is 12.9. The van der Waals surface area contributed by atoms with Crippen LogP contribution in [0.4, 0.5) is 0 Å². The molecule has 0 aromatic heterocycles. The summed E-state index contributed by atoms with van der Waals surface area (Å²) in [5, 5.41) is 14.5. The first-order chi connectivity index (χ1) is 18.8. The Kier molecular flexibility index (Phi) is 12.1. The van der Waals surface area contributed by atoms with Crippen molar-refractivity contribution in [3.05, 3.63) is 59.7 Å². The SMILES string of the molecule is COc1ccccc1CCN(C)C(=O)CCC(NC(=O)C(Cc1ccc(OP(=O)(O)O)cc1)NC(C)=O)C(=O)O. The number of amides is 3. The summed E-state index contributed by atoms with van der Waals surface area (Å²) in [6.07, 6.45) is 0.195.